The molecule has 7 nitrogen and oxygen atoms in total. The number of halogens is 2. The largest absolute Gasteiger partial charge is 0.394 e. The van der Waals surface area contributed by atoms with Crippen LogP contribution in [0.2, 0.25) is 0 Å². The Labute approximate surface area is 127 Å². The van der Waals surface area contributed by atoms with Crippen LogP contribution in [-0.4, -0.2) is 55.2 Å². The monoisotopic (exact) mass is 331 g/mol. The van der Waals surface area contributed by atoms with Crippen molar-refractivity contribution in [2.24, 2.45) is 0 Å². The van der Waals surface area contributed by atoms with E-state index in [2.05, 4.69) is 15.0 Å². The molecule has 1 aliphatic heterocycles. The van der Waals surface area contributed by atoms with Gasteiger partial charge >= 0.3 is 0 Å². The van der Waals surface area contributed by atoms with E-state index >= 15 is 0 Å². The summed E-state index contributed by atoms with van der Waals surface area (Å²) in [6.07, 6.45) is -4.63. The SMILES string of the molecule is OCC1OC(c2cc3nc(F)c(F)nc3[nH]c2=S)C(O)C1O. The smallest absolute Gasteiger partial charge is 0.270 e. The molecule has 0 aromatic carbocycles. The lowest BCUT2D eigenvalue weighted by Crippen LogP contribution is -2.32. The van der Waals surface area contributed by atoms with E-state index in [0.717, 1.165) is 0 Å². The number of aromatic amines is 1. The Balaban J connectivity index is 2.10. The number of hydrogen-bond acceptors (Lipinski definition) is 7. The van der Waals surface area contributed by atoms with Crippen molar-refractivity contribution < 1.29 is 28.8 Å². The van der Waals surface area contributed by atoms with Crippen molar-refractivity contribution in [3.8, 4) is 0 Å². The fraction of sp³-hybridized carbons (Fsp3) is 0.417. The van der Waals surface area contributed by atoms with E-state index in [9.17, 15) is 19.0 Å². The highest BCUT2D eigenvalue weighted by atomic mass is 32.1. The van der Waals surface area contributed by atoms with Gasteiger partial charge < -0.3 is 25.0 Å². The summed E-state index contributed by atoms with van der Waals surface area (Å²) in [5, 5.41) is 28.8. The van der Waals surface area contributed by atoms with Crippen LogP contribution in [0.25, 0.3) is 11.2 Å². The molecule has 0 spiro atoms. The van der Waals surface area contributed by atoms with Gasteiger partial charge in [-0.1, -0.05) is 12.2 Å². The Hall–Kier alpha value is -1.59. The summed E-state index contributed by atoms with van der Waals surface area (Å²) in [6, 6.07) is 1.30. The van der Waals surface area contributed by atoms with Gasteiger partial charge in [-0.15, -0.1) is 0 Å². The highest BCUT2D eigenvalue weighted by Crippen LogP contribution is 2.34. The summed E-state index contributed by atoms with van der Waals surface area (Å²) in [5.41, 5.74) is 0.157. The first-order valence-electron chi connectivity index (χ1n) is 6.30. The van der Waals surface area contributed by atoms with Gasteiger partial charge in [0.25, 0.3) is 11.9 Å². The highest BCUT2D eigenvalue weighted by Gasteiger charge is 2.43. The molecule has 4 atom stereocenters. The third-order valence-corrected chi connectivity index (χ3v) is 3.81. The number of aliphatic hydroxyl groups excluding tert-OH is 3. The molecule has 4 N–H and O–H groups in total. The van der Waals surface area contributed by atoms with E-state index in [1.807, 2.05) is 0 Å². The summed E-state index contributed by atoms with van der Waals surface area (Å²) in [5.74, 6) is -2.73. The maximum absolute atomic E-state index is 13.2. The van der Waals surface area contributed by atoms with E-state index in [1.165, 1.54) is 6.07 Å². The van der Waals surface area contributed by atoms with Crippen molar-refractivity contribution in [1.82, 2.24) is 15.0 Å². The average molecular weight is 331 g/mol. The fourth-order valence-electron chi connectivity index (χ4n) is 2.36. The van der Waals surface area contributed by atoms with Crippen LogP contribution in [0.4, 0.5) is 8.78 Å². The number of rotatable bonds is 2. The molecule has 22 heavy (non-hydrogen) atoms. The molecule has 3 heterocycles. The van der Waals surface area contributed by atoms with Crippen LogP contribution in [0.5, 0.6) is 0 Å². The molecule has 0 saturated carbocycles. The van der Waals surface area contributed by atoms with Crippen LogP contribution in [0.3, 0.4) is 0 Å². The van der Waals surface area contributed by atoms with Crippen molar-refractivity contribution in [2.45, 2.75) is 24.4 Å². The lowest BCUT2D eigenvalue weighted by Gasteiger charge is -2.15. The van der Waals surface area contributed by atoms with E-state index in [0.29, 0.717) is 0 Å². The predicted octanol–water partition coefficient (Wildman–Crippen LogP) is 0.120. The van der Waals surface area contributed by atoms with E-state index in [4.69, 9.17) is 22.1 Å². The molecule has 1 fully saturated rings. The van der Waals surface area contributed by atoms with E-state index in [-0.39, 0.29) is 21.4 Å². The first-order chi connectivity index (χ1) is 10.4. The second kappa shape index (κ2) is 5.56. The van der Waals surface area contributed by atoms with Crippen LogP contribution in [-0.2, 0) is 4.74 Å². The molecule has 1 aliphatic rings. The zero-order chi connectivity index (χ0) is 16.0. The topological polar surface area (TPSA) is 111 Å². The standard InChI is InChI=1S/C12H11F2N3O4S/c13-9-10(14)16-11-4(15-9)1-3(12(22)17-11)8-7(20)6(19)5(2-18)21-8/h1,5-8,18-20H,2H2,(H,16,17,22). The van der Waals surface area contributed by atoms with Crippen LogP contribution in [0.1, 0.15) is 11.7 Å². The molecule has 1 saturated heterocycles. The number of ether oxygens (including phenoxy) is 1. The number of aliphatic hydroxyl groups is 3. The van der Waals surface area contributed by atoms with Crippen LogP contribution >= 0.6 is 12.2 Å². The minimum Gasteiger partial charge on any atom is -0.394 e. The molecule has 0 aliphatic carbocycles. The summed E-state index contributed by atoms with van der Waals surface area (Å²) in [4.78, 5) is 9.32. The summed E-state index contributed by atoms with van der Waals surface area (Å²) in [6.45, 7) is -0.488. The summed E-state index contributed by atoms with van der Waals surface area (Å²) in [7, 11) is 0. The maximum atomic E-state index is 13.2. The van der Waals surface area contributed by atoms with Gasteiger partial charge in [-0.3, -0.25) is 0 Å². The normalized spacial score (nSPS) is 28.4. The van der Waals surface area contributed by atoms with Crippen LogP contribution in [0.15, 0.2) is 6.07 Å². The third kappa shape index (κ3) is 2.38. The number of hydrogen-bond donors (Lipinski definition) is 4. The molecule has 10 heteroatoms. The maximum Gasteiger partial charge on any atom is 0.270 e. The lowest BCUT2D eigenvalue weighted by atomic mass is 10.0. The minimum atomic E-state index is -1.37. The second-order valence-corrected chi connectivity index (χ2v) is 5.26. The Morgan fingerprint density at radius 2 is 1.91 bits per heavy atom. The van der Waals surface area contributed by atoms with Gasteiger partial charge in [0.15, 0.2) is 5.65 Å². The zero-order valence-corrected chi connectivity index (χ0v) is 11.7. The zero-order valence-electron chi connectivity index (χ0n) is 10.9. The molecular weight excluding hydrogens is 320 g/mol. The van der Waals surface area contributed by atoms with Crippen molar-refractivity contribution in [2.75, 3.05) is 6.61 Å². The molecule has 2 aromatic rings. The third-order valence-electron chi connectivity index (χ3n) is 3.48. The Morgan fingerprint density at radius 3 is 2.55 bits per heavy atom. The second-order valence-electron chi connectivity index (χ2n) is 4.85. The molecule has 0 amide bonds. The van der Waals surface area contributed by atoms with Crippen molar-refractivity contribution >= 4 is 23.4 Å². The summed E-state index contributed by atoms with van der Waals surface area (Å²) >= 11 is 5.08. The Bertz CT molecular complexity index is 787. The van der Waals surface area contributed by atoms with Crippen LogP contribution in [0, 0.1) is 16.5 Å². The first-order valence-corrected chi connectivity index (χ1v) is 6.71. The van der Waals surface area contributed by atoms with Crippen molar-refractivity contribution in [3.05, 3.63) is 28.2 Å². The quantitative estimate of drug-likeness (QED) is 0.578. The number of H-pyrrole nitrogens is 1. The highest BCUT2D eigenvalue weighted by molar-refractivity contribution is 7.71. The first kappa shape index (κ1) is 15.3. The fourth-order valence-corrected chi connectivity index (χ4v) is 2.63. The van der Waals surface area contributed by atoms with Gasteiger partial charge in [-0.25, -0.2) is 4.98 Å². The van der Waals surface area contributed by atoms with E-state index in [1.54, 1.807) is 0 Å². The number of nitrogens with zero attached hydrogens (tertiary/aromatic N) is 2. The molecule has 0 bridgehead atoms. The van der Waals surface area contributed by atoms with Gasteiger partial charge in [-0.05, 0) is 6.07 Å². The Kier molecular flexibility index (Phi) is 3.87. The van der Waals surface area contributed by atoms with Crippen molar-refractivity contribution in [1.29, 1.82) is 0 Å². The number of aromatic nitrogens is 3. The average Bonchev–Trinajstić information content (AvgIpc) is 2.76. The van der Waals surface area contributed by atoms with Gasteiger partial charge in [0.2, 0.25) is 0 Å². The van der Waals surface area contributed by atoms with Crippen LogP contribution < -0.4 is 0 Å². The molecule has 4 unspecified atom stereocenters. The number of pyridine rings is 1. The molecule has 3 rings (SSSR count). The molecule has 2 aromatic heterocycles. The van der Waals surface area contributed by atoms with Gasteiger partial charge in [0.1, 0.15) is 34.6 Å². The van der Waals surface area contributed by atoms with Gasteiger partial charge in [0, 0.05) is 5.56 Å². The minimum absolute atomic E-state index is 0.0137. The van der Waals surface area contributed by atoms with Crippen molar-refractivity contribution in [3.63, 3.8) is 0 Å². The number of nitrogens with one attached hydrogen (secondary N) is 1. The molecule has 118 valence electrons. The predicted molar refractivity (Wildman–Crippen MR) is 71.4 cm³/mol. The lowest BCUT2D eigenvalue weighted by molar-refractivity contribution is -0.0229. The van der Waals surface area contributed by atoms with Gasteiger partial charge in [0.05, 0.1) is 6.61 Å². The summed E-state index contributed by atoms with van der Waals surface area (Å²) < 4.78 is 31.7. The molecule has 0 radical (unpaired) electrons. The number of fused-ring (bicyclic) bond motifs is 1. The molecular formula is C12H11F2N3O4S. The van der Waals surface area contributed by atoms with Gasteiger partial charge in [-0.2, -0.15) is 13.8 Å². The van der Waals surface area contributed by atoms with E-state index < -0.39 is 42.9 Å². The Morgan fingerprint density at radius 1 is 1.23 bits per heavy atom.